The molecule has 0 saturated carbocycles. The Bertz CT molecular complexity index is 1250. The summed E-state index contributed by atoms with van der Waals surface area (Å²) in [5, 5.41) is 0. The van der Waals surface area contributed by atoms with E-state index in [1.807, 2.05) is 0 Å². The third-order valence-electron chi connectivity index (χ3n) is 7.72. The third kappa shape index (κ3) is 15.3. The number of ether oxygens (including phenoxy) is 4. The first-order chi connectivity index (χ1) is 25.7. The van der Waals surface area contributed by atoms with Crippen LogP contribution in [0.1, 0.15) is 97.9 Å². The van der Waals surface area contributed by atoms with E-state index in [-0.39, 0.29) is 0 Å². The predicted molar refractivity (Wildman–Crippen MR) is 199 cm³/mol. The number of hydrogen-bond acceptors (Lipinski definition) is 4. The quantitative estimate of drug-likeness (QED) is 0.0922. The molecule has 0 N–H and O–H groups in total. The summed E-state index contributed by atoms with van der Waals surface area (Å²) in [5.41, 5.74) is 8.73. The van der Waals surface area contributed by atoms with E-state index in [4.69, 9.17) is 57.7 Å². The SMILES string of the molecule is CCCOc1c2c[c-]cc1Cc1c[c-]cc(c1OCCC)Cc1c[c-]cc(c1OCCC)Cc1c[c-]cc(c1OCCC)C2.[Cl][Zn+].[Cl][Zn+].[Cl][Zn+].[Cl][Zn+]. The fraction of sp³-hybridized carbons (Fsp3) is 0.400. The molecular formula is C40H44Cl4O4Zn4. The maximum atomic E-state index is 6.49. The molecule has 0 atom stereocenters. The zero-order valence-corrected chi connectivity index (χ0v) is 46.0. The summed E-state index contributed by atoms with van der Waals surface area (Å²) >= 11 is 3.39. The van der Waals surface area contributed by atoms with Crippen molar-refractivity contribution in [2.45, 2.75) is 79.1 Å². The summed E-state index contributed by atoms with van der Waals surface area (Å²) in [6, 6.07) is 30.1. The van der Waals surface area contributed by atoms with Crippen LogP contribution in [0.15, 0.2) is 48.5 Å². The van der Waals surface area contributed by atoms with Crippen molar-refractivity contribution in [2.24, 2.45) is 0 Å². The van der Waals surface area contributed by atoms with Gasteiger partial charge in [0.1, 0.15) is 0 Å². The van der Waals surface area contributed by atoms with E-state index in [0.717, 1.165) is 162 Å². The fourth-order valence-corrected chi connectivity index (χ4v) is 5.75. The van der Waals surface area contributed by atoms with Gasteiger partial charge in [0.15, 0.2) is 0 Å². The van der Waals surface area contributed by atoms with Crippen LogP contribution in [0, 0.1) is 24.3 Å². The molecule has 0 unspecified atom stereocenters. The van der Waals surface area contributed by atoms with E-state index in [1.165, 1.54) is 0 Å². The van der Waals surface area contributed by atoms with E-state index in [0.29, 0.717) is 52.1 Å². The van der Waals surface area contributed by atoms with Crippen LogP contribution in [-0.2, 0) is 94.9 Å². The molecule has 4 aromatic rings. The molecule has 0 spiro atoms. The average molecular weight is 992 g/mol. The zero-order valence-electron chi connectivity index (χ0n) is 31.1. The number of benzene rings is 4. The van der Waals surface area contributed by atoms with Gasteiger partial charge < -0.3 is 18.9 Å². The molecule has 0 radical (unpaired) electrons. The van der Waals surface area contributed by atoms with E-state index in [1.54, 1.807) is 0 Å². The van der Waals surface area contributed by atoms with Crippen LogP contribution in [0.3, 0.4) is 0 Å². The predicted octanol–water partition coefficient (Wildman–Crippen LogP) is 11.5. The van der Waals surface area contributed by atoms with Gasteiger partial charge in [-0.2, -0.15) is 72.8 Å². The second-order valence-corrected chi connectivity index (χ2v) is 11.4. The molecule has 4 nitrogen and oxygen atoms in total. The summed E-state index contributed by atoms with van der Waals surface area (Å²) < 4.78 is 26.0. The Kier molecular flexibility index (Phi) is 29.6. The van der Waals surface area contributed by atoms with Gasteiger partial charge >= 0.3 is 108 Å². The first-order valence-electron chi connectivity index (χ1n) is 17.3. The Morgan fingerprint density at radius 2 is 0.519 bits per heavy atom. The Balaban J connectivity index is 0.00000158. The van der Waals surface area contributed by atoms with Crippen molar-refractivity contribution >= 4 is 38.8 Å². The Morgan fingerprint density at radius 1 is 0.365 bits per heavy atom. The standard InChI is InChI=1S/C40H44O4.4ClH.4Zn/c1-5-21-41-37-29-13-9-14-30(37)26-32-16-11-18-34(39(32)43-23-7-3)28-36-20-12-19-35(40(36)44-24-8-4)27-33-17-10-15-31(25-29)38(33)42-22-6-2;;;;;;;;/h13-20H,5-8,21-28H2,1-4H3;4*1H;;;;/q-4;;;;;4*+2/p-4. The zero-order chi connectivity index (χ0) is 38.7. The molecular weight excluding hydrogens is 948 g/mol. The molecule has 0 aliphatic heterocycles. The minimum atomic E-state index is 0.645. The van der Waals surface area contributed by atoms with Crippen molar-refractivity contribution in [2.75, 3.05) is 26.4 Å². The van der Waals surface area contributed by atoms with Gasteiger partial charge in [0.25, 0.3) is 0 Å². The van der Waals surface area contributed by atoms with Crippen LogP contribution >= 0.6 is 38.8 Å². The molecule has 8 bridgehead atoms. The summed E-state index contributed by atoms with van der Waals surface area (Å²) in [4.78, 5) is 0. The summed E-state index contributed by atoms with van der Waals surface area (Å²) in [6.07, 6.45) is 6.33. The molecule has 1 aliphatic rings. The van der Waals surface area contributed by atoms with Crippen LogP contribution in [-0.4, -0.2) is 26.4 Å². The molecule has 0 aromatic heterocycles. The number of hydrogen-bond donors (Lipinski definition) is 0. The number of halogens is 4. The van der Waals surface area contributed by atoms with Gasteiger partial charge in [-0.1, -0.05) is 53.4 Å². The first-order valence-corrected chi connectivity index (χ1v) is 32.9. The van der Waals surface area contributed by atoms with Crippen molar-refractivity contribution < 1.29 is 88.2 Å². The van der Waals surface area contributed by atoms with Crippen molar-refractivity contribution in [3.8, 4) is 23.0 Å². The maximum absolute atomic E-state index is 6.49. The van der Waals surface area contributed by atoms with Gasteiger partial charge in [0.05, 0.1) is 26.4 Å². The molecule has 0 amide bonds. The summed E-state index contributed by atoms with van der Waals surface area (Å²) in [7, 11) is 19.1. The van der Waals surface area contributed by atoms with E-state index in [2.05, 4.69) is 100 Å². The Morgan fingerprint density at radius 3 is 0.654 bits per heavy atom. The van der Waals surface area contributed by atoms with Gasteiger partial charge in [-0.3, -0.25) is 0 Å². The third-order valence-corrected chi connectivity index (χ3v) is 7.72. The van der Waals surface area contributed by atoms with Gasteiger partial charge in [-0.15, -0.1) is 44.5 Å². The first kappa shape index (κ1) is 49.8. The van der Waals surface area contributed by atoms with Crippen molar-refractivity contribution in [1.29, 1.82) is 0 Å². The molecule has 264 valence electrons. The van der Waals surface area contributed by atoms with Crippen molar-refractivity contribution in [3.63, 3.8) is 0 Å². The normalized spacial score (nSPS) is 11.1. The fourth-order valence-electron chi connectivity index (χ4n) is 5.75. The minimum absolute atomic E-state index is 0.645. The van der Waals surface area contributed by atoms with Crippen molar-refractivity contribution in [3.05, 3.63) is 117 Å². The summed E-state index contributed by atoms with van der Waals surface area (Å²) in [6.45, 7) is 11.1. The van der Waals surface area contributed by atoms with Gasteiger partial charge in [-0.05, 0) is 25.7 Å². The topological polar surface area (TPSA) is 36.9 Å². The number of fused-ring (bicyclic) bond motifs is 8. The van der Waals surface area contributed by atoms with Crippen LogP contribution < -0.4 is 18.9 Å². The van der Waals surface area contributed by atoms with Gasteiger partial charge in [0.2, 0.25) is 0 Å². The van der Waals surface area contributed by atoms with E-state index >= 15 is 0 Å². The molecule has 1 aliphatic carbocycles. The number of rotatable bonds is 12. The van der Waals surface area contributed by atoms with E-state index in [9.17, 15) is 0 Å². The second-order valence-electron chi connectivity index (χ2n) is 11.4. The molecule has 5 rings (SSSR count). The molecule has 12 heteroatoms. The molecule has 0 heterocycles. The van der Waals surface area contributed by atoms with Gasteiger partial charge in [0, 0.05) is 23.0 Å². The van der Waals surface area contributed by atoms with Crippen LogP contribution in [0.4, 0.5) is 0 Å². The summed E-state index contributed by atoms with van der Waals surface area (Å²) in [5.74, 6) is 3.69. The molecule has 52 heavy (non-hydrogen) atoms. The van der Waals surface area contributed by atoms with Gasteiger partial charge in [-0.25, -0.2) is 0 Å². The monoisotopic (exact) mass is 984 g/mol. The van der Waals surface area contributed by atoms with Crippen LogP contribution in [0.2, 0.25) is 0 Å². The van der Waals surface area contributed by atoms with Crippen LogP contribution in [0.25, 0.3) is 0 Å². The Labute approximate surface area is 369 Å². The Hall–Kier alpha value is -0.266. The van der Waals surface area contributed by atoms with Crippen molar-refractivity contribution in [1.82, 2.24) is 0 Å². The molecule has 4 aromatic carbocycles. The second kappa shape index (κ2) is 30.9. The van der Waals surface area contributed by atoms with E-state index < -0.39 is 0 Å². The molecule has 0 saturated heterocycles. The average Bonchev–Trinajstić information content (AvgIpc) is 3.19. The van der Waals surface area contributed by atoms with Crippen LogP contribution in [0.5, 0.6) is 23.0 Å². The molecule has 0 fully saturated rings.